The van der Waals surface area contributed by atoms with E-state index in [9.17, 15) is 4.79 Å². The van der Waals surface area contributed by atoms with Gasteiger partial charge in [0.1, 0.15) is 5.82 Å². The third kappa shape index (κ3) is 6.29. The summed E-state index contributed by atoms with van der Waals surface area (Å²) in [5.74, 6) is 1.84. The maximum Gasteiger partial charge on any atom is 0.282 e. The predicted octanol–water partition coefficient (Wildman–Crippen LogP) is 7.34. The van der Waals surface area contributed by atoms with E-state index in [4.69, 9.17) is 14.5 Å². The smallest absolute Gasteiger partial charge is 0.282 e. The van der Waals surface area contributed by atoms with Gasteiger partial charge in [-0.3, -0.25) is 4.79 Å². The highest BCUT2D eigenvalue weighted by atomic mass is 79.9. The number of fused-ring (bicyclic) bond motifs is 1. The first-order valence-electron chi connectivity index (χ1n) is 11.1. The quantitative estimate of drug-likeness (QED) is 0.238. The summed E-state index contributed by atoms with van der Waals surface area (Å²) in [6.07, 6.45) is 3.11. The minimum Gasteiger partial charge on any atom is -0.490 e. The van der Waals surface area contributed by atoms with Crippen LogP contribution in [0.15, 0.2) is 47.6 Å². The number of hydrogen-bond donors (Lipinski definition) is 0. The largest absolute Gasteiger partial charge is 0.490 e. The molecule has 0 aliphatic carbocycles. The van der Waals surface area contributed by atoms with E-state index < -0.39 is 0 Å². The maximum absolute atomic E-state index is 13.3. The Morgan fingerprint density at radius 3 is 2.47 bits per heavy atom. The molecule has 0 N–H and O–H groups in total. The van der Waals surface area contributed by atoms with Gasteiger partial charge in [-0.1, -0.05) is 43.6 Å². The topological polar surface area (TPSA) is 65.7 Å². The SMILES string of the molecule is CCCc1nc2ccc(Br)cc2c(=O)n1N=Cc1cc(OCC)c(OCC(C)(C)C)c(Br)c1Br. The Bertz CT molecular complexity index is 1280. The standard InChI is InChI=1S/C25H28Br3N3O3/c1-6-8-20-30-18-10-9-16(26)12-17(18)24(32)31(20)29-13-15-11-19(33-7-2)23(22(28)21(15)27)34-14-25(3,4)5/h9-13H,6-8,14H2,1-5H3. The minimum atomic E-state index is -0.212. The van der Waals surface area contributed by atoms with Crippen molar-refractivity contribution in [3.63, 3.8) is 0 Å². The number of nitrogens with zero attached hydrogens (tertiary/aromatic N) is 3. The average molecular weight is 658 g/mol. The van der Waals surface area contributed by atoms with Crippen LogP contribution in [-0.4, -0.2) is 29.1 Å². The summed E-state index contributed by atoms with van der Waals surface area (Å²) in [4.78, 5) is 18.0. The molecule has 0 saturated carbocycles. The van der Waals surface area contributed by atoms with E-state index in [1.165, 1.54) is 4.68 Å². The van der Waals surface area contributed by atoms with Crippen LogP contribution in [0.25, 0.3) is 10.9 Å². The number of benzene rings is 2. The van der Waals surface area contributed by atoms with Gasteiger partial charge in [-0.05, 0) is 74.9 Å². The van der Waals surface area contributed by atoms with E-state index in [-0.39, 0.29) is 11.0 Å². The fourth-order valence-electron chi connectivity index (χ4n) is 3.20. The molecule has 34 heavy (non-hydrogen) atoms. The second-order valence-corrected chi connectivity index (χ2v) is 11.5. The summed E-state index contributed by atoms with van der Waals surface area (Å²) < 4.78 is 15.6. The van der Waals surface area contributed by atoms with Crippen LogP contribution in [0.2, 0.25) is 0 Å². The van der Waals surface area contributed by atoms with Crippen molar-refractivity contribution >= 4 is 64.9 Å². The van der Waals surface area contributed by atoms with Gasteiger partial charge in [0, 0.05) is 20.9 Å². The normalized spacial score (nSPS) is 12.0. The lowest BCUT2D eigenvalue weighted by atomic mass is 9.99. The Morgan fingerprint density at radius 2 is 1.82 bits per heavy atom. The third-order valence-electron chi connectivity index (χ3n) is 4.77. The molecule has 3 aromatic rings. The van der Waals surface area contributed by atoms with Crippen LogP contribution >= 0.6 is 47.8 Å². The number of halogens is 3. The molecule has 0 fully saturated rings. The van der Waals surface area contributed by atoms with Crippen molar-refractivity contribution < 1.29 is 9.47 Å². The zero-order valence-corrected chi connectivity index (χ0v) is 24.7. The molecule has 9 heteroatoms. The minimum absolute atomic E-state index is 0.00947. The van der Waals surface area contributed by atoms with Gasteiger partial charge in [0.15, 0.2) is 11.5 Å². The Kier molecular flexibility index (Phi) is 8.98. The molecule has 182 valence electrons. The summed E-state index contributed by atoms with van der Waals surface area (Å²) in [6.45, 7) is 11.3. The monoisotopic (exact) mass is 655 g/mol. The van der Waals surface area contributed by atoms with Gasteiger partial charge in [0.2, 0.25) is 0 Å². The van der Waals surface area contributed by atoms with Crippen LogP contribution in [-0.2, 0) is 6.42 Å². The molecule has 0 aliphatic rings. The van der Waals surface area contributed by atoms with Crippen LogP contribution in [0.3, 0.4) is 0 Å². The fourth-order valence-corrected chi connectivity index (χ4v) is 4.50. The number of aryl methyl sites for hydroxylation is 1. The highest BCUT2D eigenvalue weighted by Gasteiger charge is 2.20. The van der Waals surface area contributed by atoms with Crippen molar-refractivity contribution in [3.05, 3.63) is 59.4 Å². The molecule has 1 aromatic heterocycles. The van der Waals surface area contributed by atoms with Crippen LogP contribution < -0.4 is 15.0 Å². The first-order valence-corrected chi connectivity index (χ1v) is 13.5. The van der Waals surface area contributed by atoms with Gasteiger partial charge in [-0.15, -0.1) is 0 Å². The molecule has 0 saturated heterocycles. The molecule has 0 bridgehead atoms. The summed E-state index contributed by atoms with van der Waals surface area (Å²) in [7, 11) is 0. The first kappa shape index (κ1) is 26.9. The van der Waals surface area contributed by atoms with Crippen molar-refractivity contribution in [1.82, 2.24) is 9.66 Å². The number of aromatic nitrogens is 2. The molecular formula is C25H28Br3N3O3. The Balaban J connectivity index is 2.10. The van der Waals surface area contributed by atoms with Gasteiger partial charge in [0.25, 0.3) is 5.56 Å². The van der Waals surface area contributed by atoms with Crippen molar-refractivity contribution in [2.75, 3.05) is 13.2 Å². The van der Waals surface area contributed by atoms with Crippen LogP contribution in [0, 0.1) is 5.41 Å². The van der Waals surface area contributed by atoms with E-state index in [0.717, 1.165) is 25.4 Å². The highest BCUT2D eigenvalue weighted by molar-refractivity contribution is 9.13. The molecule has 6 nitrogen and oxygen atoms in total. The predicted molar refractivity (Wildman–Crippen MR) is 149 cm³/mol. The second kappa shape index (κ2) is 11.4. The van der Waals surface area contributed by atoms with Crippen molar-refractivity contribution in [2.45, 2.75) is 47.5 Å². The summed E-state index contributed by atoms with van der Waals surface area (Å²) in [5.41, 5.74) is 1.18. The van der Waals surface area contributed by atoms with Gasteiger partial charge in [-0.2, -0.15) is 9.78 Å². The van der Waals surface area contributed by atoms with E-state index >= 15 is 0 Å². The van der Waals surface area contributed by atoms with Gasteiger partial charge >= 0.3 is 0 Å². The Labute approximate surface area is 225 Å². The van der Waals surface area contributed by atoms with Crippen molar-refractivity contribution in [1.29, 1.82) is 0 Å². The molecule has 0 unspecified atom stereocenters. The van der Waals surface area contributed by atoms with Crippen molar-refractivity contribution in [2.24, 2.45) is 10.5 Å². The second-order valence-electron chi connectivity index (χ2n) is 9.00. The van der Waals surface area contributed by atoms with Crippen LogP contribution in [0.4, 0.5) is 0 Å². The molecule has 0 radical (unpaired) electrons. The van der Waals surface area contributed by atoms with Crippen molar-refractivity contribution in [3.8, 4) is 11.5 Å². The Morgan fingerprint density at radius 1 is 1.09 bits per heavy atom. The van der Waals surface area contributed by atoms with Gasteiger partial charge in [-0.25, -0.2) is 4.98 Å². The molecule has 3 rings (SSSR count). The number of rotatable bonds is 8. The Hall–Kier alpha value is -1.71. The lowest BCUT2D eigenvalue weighted by Crippen LogP contribution is -2.22. The first-order chi connectivity index (χ1) is 16.1. The molecule has 0 spiro atoms. The summed E-state index contributed by atoms with van der Waals surface area (Å²) >= 11 is 10.7. The lowest BCUT2D eigenvalue weighted by molar-refractivity contribution is 0.187. The zero-order chi connectivity index (χ0) is 25.0. The molecule has 0 aliphatic heterocycles. The highest BCUT2D eigenvalue weighted by Crippen LogP contribution is 2.43. The van der Waals surface area contributed by atoms with Crippen LogP contribution in [0.5, 0.6) is 11.5 Å². The van der Waals surface area contributed by atoms with E-state index in [1.807, 2.05) is 32.0 Å². The molecule has 1 heterocycles. The third-order valence-corrected chi connectivity index (χ3v) is 7.40. The molecular weight excluding hydrogens is 630 g/mol. The van der Waals surface area contributed by atoms with Gasteiger partial charge in [0.05, 0.1) is 34.8 Å². The van der Waals surface area contributed by atoms with Crippen LogP contribution in [0.1, 0.15) is 52.4 Å². The number of ether oxygens (including phenoxy) is 2. The van der Waals surface area contributed by atoms with Gasteiger partial charge < -0.3 is 9.47 Å². The summed E-state index contributed by atoms with van der Waals surface area (Å²) in [5, 5.41) is 5.05. The van der Waals surface area contributed by atoms with E-state index in [0.29, 0.717) is 47.9 Å². The molecule has 2 aromatic carbocycles. The fraction of sp³-hybridized carbons (Fsp3) is 0.400. The van der Waals surface area contributed by atoms with E-state index in [1.54, 1.807) is 12.3 Å². The molecule has 0 amide bonds. The average Bonchev–Trinajstić information content (AvgIpc) is 2.76. The maximum atomic E-state index is 13.3. The number of hydrogen-bond acceptors (Lipinski definition) is 5. The van der Waals surface area contributed by atoms with E-state index in [2.05, 4.69) is 73.7 Å². The molecule has 0 atom stereocenters. The zero-order valence-electron chi connectivity index (χ0n) is 19.9. The lowest BCUT2D eigenvalue weighted by Gasteiger charge is -2.22. The summed E-state index contributed by atoms with van der Waals surface area (Å²) in [6, 6.07) is 7.35.